The van der Waals surface area contributed by atoms with Crippen molar-refractivity contribution in [2.75, 3.05) is 0 Å². The first-order valence-corrected chi connectivity index (χ1v) is 8.31. The van der Waals surface area contributed by atoms with E-state index in [0.717, 1.165) is 18.2 Å². The number of aryl methyl sites for hydroxylation is 1. The number of nitro benzene ring substituents is 1. The molecule has 0 radical (unpaired) electrons. The second kappa shape index (κ2) is 7.71. The summed E-state index contributed by atoms with van der Waals surface area (Å²) in [5, 5.41) is 10.6. The zero-order valence-electron chi connectivity index (χ0n) is 15.1. The van der Waals surface area contributed by atoms with E-state index in [-0.39, 0.29) is 27.8 Å². The minimum atomic E-state index is -1.15. The number of nitro groups is 1. The van der Waals surface area contributed by atoms with Crippen LogP contribution in [0.3, 0.4) is 0 Å². The van der Waals surface area contributed by atoms with Crippen LogP contribution < -0.4 is 0 Å². The number of hydrogen-bond donors (Lipinski definition) is 1. The summed E-state index contributed by atoms with van der Waals surface area (Å²) in [7, 11) is 0. The fourth-order valence-corrected chi connectivity index (χ4v) is 3.04. The third-order valence-corrected chi connectivity index (χ3v) is 4.39. The van der Waals surface area contributed by atoms with Crippen LogP contribution in [0.25, 0.3) is 0 Å². The third-order valence-electron chi connectivity index (χ3n) is 4.07. The maximum absolute atomic E-state index is 12.6. The largest absolute Gasteiger partial charge is 0.451 e. The summed E-state index contributed by atoms with van der Waals surface area (Å²) < 4.78 is 5.15. The van der Waals surface area contributed by atoms with Crippen molar-refractivity contribution in [1.29, 1.82) is 0 Å². The molecule has 1 N–H and O–H groups in total. The number of aromatic amines is 1. The Bertz CT molecular complexity index is 963. The molecular weight excluding hydrogens is 376 g/mol. The Labute approximate surface area is 159 Å². The summed E-state index contributed by atoms with van der Waals surface area (Å²) >= 11 is 5.90. The van der Waals surface area contributed by atoms with Crippen molar-refractivity contribution >= 4 is 34.8 Å². The van der Waals surface area contributed by atoms with Crippen molar-refractivity contribution in [2.24, 2.45) is 0 Å². The monoisotopic (exact) mass is 392 g/mol. The van der Waals surface area contributed by atoms with Crippen molar-refractivity contribution in [3.8, 4) is 0 Å². The maximum Gasteiger partial charge on any atom is 0.340 e. The fraction of sp³-hybridized carbons (Fsp3) is 0.278. The molecule has 2 aromatic rings. The van der Waals surface area contributed by atoms with Crippen molar-refractivity contribution in [3.63, 3.8) is 0 Å². The molecule has 1 heterocycles. The second-order valence-electron chi connectivity index (χ2n) is 6.01. The number of Topliss-reactive ketones (excluding diaryl/α,β-unsaturated/α-hetero) is 2. The van der Waals surface area contributed by atoms with Crippen molar-refractivity contribution in [2.45, 2.75) is 33.8 Å². The molecule has 0 saturated carbocycles. The predicted octanol–water partition coefficient (Wildman–Crippen LogP) is 3.82. The van der Waals surface area contributed by atoms with Crippen LogP contribution in [0.4, 0.5) is 5.69 Å². The summed E-state index contributed by atoms with van der Waals surface area (Å²) in [6, 6.07) is 3.31. The summed E-state index contributed by atoms with van der Waals surface area (Å²) in [5.74, 6) is -1.57. The fourth-order valence-electron chi connectivity index (χ4n) is 2.79. The van der Waals surface area contributed by atoms with Gasteiger partial charge in [0.1, 0.15) is 0 Å². The van der Waals surface area contributed by atoms with E-state index in [4.69, 9.17) is 16.3 Å². The quantitative estimate of drug-likeness (QED) is 0.345. The van der Waals surface area contributed by atoms with Crippen LogP contribution in [0.5, 0.6) is 0 Å². The molecular formula is C18H17ClN2O6. The highest BCUT2D eigenvalue weighted by Crippen LogP contribution is 2.24. The Kier molecular flexibility index (Phi) is 5.80. The first-order valence-electron chi connectivity index (χ1n) is 7.93. The average molecular weight is 393 g/mol. The van der Waals surface area contributed by atoms with Gasteiger partial charge in [-0.2, -0.15) is 0 Å². The Balaban J connectivity index is 2.22. The van der Waals surface area contributed by atoms with Gasteiger partial charge in [0, 0.05) is 23.4 Å². The highest BCUT2D eigenvalue weighted by Gasteiger charge is 2.27. The number of hydrogen-bond acceptors (Lipinski definition) is 6. The van der Waals surface area contributed by atoms with E-state index in [9.17, 15) is 24.5 Å². The molecule has 0 spiro atoms. The first kappa shape index (κ1) is 20.3. The molecule has 1 unspecified atom stereocenters. The molecule has 0 aliphatic rings. The van der Waals surface area contributed by atoms with Gasteiger partial charge in [-0.3, -0.25) is 19.7 Å². The number of carbonyl (C=O) groups excluding carboxylic acids is 3. The molecule has 0 saturated heterocycles. The van der Waals surface area contributed by atoms with Crippen molar-refractivity contribution < 1.29 is 24.0 Å². The molecule has 1 atom stereocenters. The van der Waals surface area contributed by atoms with Crippen LogP contribution in [0, 0.1) is 24.0 Å². The van der Waals surface area contributed by atoms with Crippen LogP contribution in [0.15, 0.2) is 18.2 Å². The summed E-state index contributed by atoms with van der Waals surface area (Å²) in [5.41, 5.74) is 1.30. The molecule has 0 aliphatic carbocycles. The van der Waals surface area contributed by atoms with Crippen molar-refractivity contribution in [1.82, 2.24) is 4.98 Å². The lowest BCUT2D eigenvalue weighted by atomic mass is 10.0. The topological polar surface area (TPSA) is 119 Å². The minimum absolute atomic E-state index is 0.0919. The number of nitrogens with one attached hydrogen (secondary N) is 1. The lowest BCUT2D eigenvalue weighted by Crippen LogP contribution is -2.25. The lowest BCUT2D eigenvalue weighted by Gasteiger charge is -2.13. The number of ether oxygens (including phenoxy) is 1. The molecule has 1 aromatic heterocycles. The van der Waals surface area contributed by atoms with Crippen LogP contribution >= 0.6 is 11.6 Å². The highest BCUT2D eigenvalue weighted by atomic mass is 35.5. The molecule has 9 heteroatoms. The van der Waals surface area contributed by atoms with E-state index in [1.54, 1.807) is 13.8 Å². The van der Waals surface area contributed by atoms with Crippen LogP contribution in [0.2, 0.25) is 5.02 Å². The van der Waals surface area contributed by atoms with Crippen LogP contribution in [-0.4, -0.2) is 33.5 Å². The highest BCUT2D eigenvalue weighted by molar-refractivity contribution is 6.33. The van der Waals surface area contributed by atoms with Gasteiger partial charge < -0.3 is 9.72 Å². The zero-order chi connectivity index (χ0) is 20.5. The van der Waals surface area contributed by atoms with Gasteiger partial charge in [-0.05, 0) is 39.3 Å². The molecule has 0 bridgehead atoms. The Morgan fingerprint density at radius 3 is 2.37 bits per heavy atom. The molecule has 2 rings (SSSR count). The zero-order valence-corrected chi connectivity index (χ0v) is 15.8. The van der Waals surface area contributed by atoms with Gasteiger partial charge in [0.25, 0.3) is 5.69 Å². The molecule has 0 aliphatic heterocycles. The second-order valence-corrected chi connectivity index (χ2v) is 6.42. The van der Waals surface area contributed by atoms with E-state index in [1.165, 1.54) is 13.8 Å². The van der Waals surface area contributed by atoms with Gasteiger partial charge in [0.05, 0.1) is 21.2 Å². The van der Waals surface area contributed by atoms with Crippen molar-refractivity contribution in [3.05, 3.63) is 61.4 Å². The van der Waals surface area contributed by atoms with Crippen LogP contribution in [-0.2, 0) is 4.74 Å². The number of non-ortho nitro benzene ring substituents is 1. The van der Waals surface area contributed by atoms with E-state index in [0.29, 0.717) is 16.8 Å². The van der Waals surface area contributed by atoms with Gasteiger partial charge in [-0.1, -0.05) is 11.6 Å². The number of ketones is 2. The number of rotatable bonds is 6. The molecule has 8 nitrogen and oxygen atoms in total. The summed E-state index contributed by atoms with van der Waals surface area (Å²) in [6.07, 6.45) is -1.15. The van der Waals surface area contributed by atoms with E-state index < -0.39 is 22.8 Å². The Morgan fingerprint density at radius 1 is 1.26 bits per heavy atom. The third kappa shape index (κ3) is 4.06. The number of aromatic nitrogens is 1. The normalized spacial score (nSPS) is 11.7. The molecule has 1 aromatic carbocycles. The number of esters is 1. The van der Waals surface area contributed by atoms with Gasteiger partial charge in [0.2, 0.25) is 5.78 Å². The van der Waals surface area contributed by atoms with Gasteiger partial charge in [-0.25, -0.2) is 4.79 Å². The molecule has 27 heavy (non-hydrogen) atoms. The number of benzene rings is 1. The molecule has 142 valence electrons. The summed E-state index contributed by atoms with van der Waals surface area (Å²) in [6.45, 7) is 6.10. The predicted molar refractivity (Wildman–Crippen MR) is 97.6 cm³/mol. The SMILES string of the molecule is CC(=O)c1c(C)[nH]c(C(=O)C(C)OC(=O)c2ccc([N+](=O)[O-])cc2Cl)c1C. The smallest absolute Gasteiger partial charge is 0.340 e. The lowest BCUT2D eigenvalue weighted by molar-refractivity contribution is -0.384. The van der Waals surface area contributed by atoms with Crippen LogP contribution in [0.1, 0.15) is 56.3 Å². The van der Waals surface area contributed by atoms with E-state index in [2.05, 4.69) is 4.98 Å². The molecule has 0 fully saturated rings. The Morgan fingerprint density at radius 2 is 1.89 bits per heavy atom. The minimum Gasteiger partial charge on any atom is -0.451 e. The van der Waals surface area contributed by atoms with E-state index >= 15 is 0 Å². The molecule has 0 amide bonds. The number of halogens is 1. The number of carbonyl (C=O) groups is 3. The maximum atomic E-state index is 12.6. The van der Waals surface area contributed by atoms with E-state index in [1.807, 2.05) is 0 Å². The number of nitrogens with zero attached hydrogens (tertiary/aromatic N) is 1. The number of H-pyrrole nitrogens is 1. The first-order chi connectivity index (χ1) is 12.5. The average Bonchev–Trinajstić information content (AvgIpc) is 2.88. The Hall–Kier alpha value is -3.00. The van der Waals surface area contributed by atoms with Gasteiger partial charge >= 0.3 is 5.97 Å². The summed E-state index contributed by atoms with van der Waals surface area (Å²) in [4.78, 5) is 49.5. The van der Waals surface area contributed by atoms with Gasteiger partial charge in [0.15, 0.2) is 11.9 Å². The van der Waals surface area contributed by atoms with Gasteiger partial charge in [-0.15, -0.1) is 0 Å². The standard InChI is InChI=1S/C18H17ClN2O6/c1-8-15(10(3)22)9(2)20-16(8)17(23)11(4)27-18(24)13-6-5-12(21(25)26)7-14(13)19/h5-7,11,20H,1-4H3.